The Hall–Kier alpha value is -2.65. The molecule has 0 aliphatic heterocycles. The molecule has 0 aliphatic rings. The predicted octanol–water partition coefficient (Wildman–Crippen LogP) is 4.05. The van der Waals surface area contributed by atoms with E-state index in [1.165, 1.54) is 24.3 Å². The number of carbonyl (C=O) groups excluding carboxylic acids is 1. The van der Waals surface area contributed by atoms with Crippen LogP contribution in [0.1, 0.15) is 24.5 Å². The number of carbonyl (C=O) groups is 1. The standard InChI is InChI=1S/C19H22ClN3O5S/c1-5-18(19(24)21-17-11-15(23(25)26)9-7-13(17)3)22(29(4,27)28)14-8-6-12(2)16(20)10-14/h6-11,18H,5H2,1-4H3,(H,21,24). The smallest absolute Gasteiger partial charge is 0.271 e. The Morgan fingerprint density at radius 2 is 1.83 bits per heavy atom. The van der Waals surface area contributed by atoms with Crippen molar-refractivity contribution >= 4 is 44.6 Å². The van der Waals surface area contributed by atoms with Crippen molar-refractivity contribution in [3.8, 4) is 0 Å². The van der Waals surface area contributed by atoms with E-state index in [-0.39, 0.29) is 23.5 Å². The average molecular weight is 440 g/mol. The van der Waals surface area contributed by atoms with E-state index in [1.54, 1.807) is 32.9 Å². The fraction of sp³-hybridized carbons (Fsp3) is 0.316. The lowest BCUT2D eigenvalue weighted by molar-refractivity contribution is -0.384. The van der Waals surface area contributed by atoms with Crippen LogP contribution in [0.15, 0.2) is 36.4 Å². The number of nitrogens with one attached hydrogen (secondary N) is 1. The Balaban J connectivity index is 2.45. The van der Waals surface area contributed by atoms with E-state index in [9.17, 15) is 23.3 Å². The fourth-order valence-electron chi connectivity index (χ4n) is 2.85. The number of sulfonamides is 1. The zero-order valence-corrected chi connectivity index (χ0v) is 18.0. The van der Waals surface area contributed by atoms with Crippen molar-refractivity contribution in [2.45, 2.75) is 33.2 Å². The van der Waals surface area contributed by atoms with Crippen LogP contribution in [0.5, 0.6) is 0 Å². The lowest BCUT2D eigenvalue weighted by Gasteiger charge is -2.30. The maximum atomic E-state index is 13.0. The average Bonchev–Trinajstić information content (AvgIpc) is 2.62. The van der Waals surface area contributed by atoms with Crippen molar-refractivity contribution in [2.24, 2.45) is 0 Å². The van der Waals surface area contributed by atoms with Crippen molar-refractivity contribution in [3.05, 3.63) is 62.7 Å². The summed E-state index contributed by atoms with van der Waals surface area (Å²) in [6.45, 7) is 5.15. The van der Waals surface area contributed by atoms with E-state index in [0.717, 1.165) is 16.1 Å². The maximum Gasteiger partial charge on any atom is 0.271 e. The molecule has 1 amide bonds. The van der Waals surface area contributed by atoms with Crippen LogP contribution in [0.4, 0.5) is 17.1 Å². The first-order valence-electron chi connectivity index (χ1n) is 8.77. The van der Waals surface area contributed by atoms with Gasteiger partial charge < -0.3 is 5.32 Å². The van der Waals surface area contributed by atoms with Crippen LogP contribution in [-0.4, -0.2) is 31.5 Å². The van der Waals surface area contributed by atoms with Crippen LogP contribution in [-0.2, 0) is 14.8 Å². The fourth-order valence-corrected chi connectivity index (χ4v) is 4.23. The highest BCUT2D eigenvalue weighted by molar-refractivity contribution is 7.92. The first kappa shape index (κ1) is 22.6. The van der Waals surface area contributed by atoms with Crippen molar-refractivity contribution in [3.63, 3.8) is 0 Å². The first-order chi connectivity index (χ1) is 13.5. The largest absolute Gasteiger partial charge is 0.324 e. The Morgan fingerprint density at radius 3 is 2.34 bits per heavy atom. The third-order valence-electron chi connectivity index (χ3n) is 4.43. The molecule has 0 saturated heterocycles. The molecule has 0 aromatic heterocycles. The number of aryl methyl sites for hydroxylation is 2. The minimum Gasteiger partial charge on any atom is -0.324 e. The molecule has 0 radical (unpaired) electrons. The highest BCUT2D eigenvalue weighted by Crippen LogP contribution is 2.29. The number of anilines is 2. The van der Waals surface area contributed by atoms with Gasteiger partial charge in [0.1, 0.15) is 6.04 Å². The van der Waals surface area contributed by atoms with Gasteiger partial charge in [-0.2, -0.15) is 0 Å². The van der Waals surface area contributed by atoms with Crippen LogP contribution in [0.25, 0.3) is 0 Å². The molecule has 10 heteroatoms. The second-order valence-electron chi connectivity index (χ2n) is 6.66. The monoisotopic (exact) mass is 439 g/mol. The zero-order chi connectivity index (χ0) is 21.9. The molecule has 29 heavy (non-hydrogen) atoms. The highest BCUT2D eigenvalue weighted by atomic mass is 35.5. The van der Waals surface area contributed by atoms with Crippen molar-refractivity contribution in [2.75, 3.05) is 15.9 Å². The second kappa shape index (κ2) is 8.79. The molecule has 1 N–H and O–H groups in total. The van der Waals surface area contributed by atoms with Gasteiger partial charge in [-0.15, -0.1) is 0 Å². The lowest BCUT2D eigenvalue weighted by atomic mass is 10.1. The van der Waals surface area contributed by atoms with Gasteiger partial charge in [0.2, 0.25) is 15.9 Å². The van der Waals surface area contributed by atoms with Crippen LogP contribution < -0.4 is 9.62 Å². The van der Waals surface area contributed by atoms with E-state index >= 15 is 0 Å². The van der Waals surface area contributed by atoms with E-state index in [1.807, 2.05) is 0 Å². The summed E-state index contributed by atoms with van der Waals surface area (Å²) in [5, 5.41) is 14.0. The Labute approximate surface area is 174 Å². The van der Waals surface area contributed by atoms with Gasteiger partial charge in [0, 0.05) is 17.2 Å². The van der Waals surface area contributed by atoms with Gasteiger partial charge >= 0.3 is 0 Å². The highest BCUT2D eigenvalue weighted by Gasteiger charge is 2.32. The molecule has 0 spiro atoms. The van der Waals surface area contributed by atoms with Crippen LogP contribution >= 0.6 is 11.6 Å². The number of nitrogens with zero attached hydrogens (tertiary/aromatic N) is 2. The Morgan fingerprint density at radius 1 is 1.21 bits per heavy atom. The summed E-state index contributed by atoms with van der Waals surface area (Å²) in [5.74, 6) is -0.599. The molecule has 8 nitrogen and oxygen atoms in total. The third-order valence-corrected chi connectivity index (χ3v) is 6.02. The van der Waals surface area contributed by atoms with Crippen LogP contribution in [0.3, 0.4) is 0 Å². The van der Waals surface area contributed by atoms with E-state index in [0.29, 0.717) is 10.6 Å². The van der Waals surface area contributed by atoms with Gasteiger partial charge in [0.15, 0.2) is 0 Å². The summed E-state index contributed by atoms with van der Waals surface area (Å²) < 4.78 is 26.0. The molecule has 2 aromatic carbocycles. The molecule has 156 valence electrons. The number of nitro groups is 1. The van der Waals surface area contributed by atoms with E-state index < -0.39 is 26.9 Å². The number of hydrogen-bond donors (Lipinski definition) is 1. The molecular weight excluding hydrogens is 418 g/mol. The molecule has 2 rings (SSSR count). The predicted molar refractivity (Wildman–Crippen MR) is 114 cm³/mol. The number of rotatable bonds is 7. The molecule has 1 atom stereocenters. The summed E-state index contributed by atoms with van der Waals surface area (Å²) in [6, 6.07) is 7.77. The third kappa shape index (κ3) is 5.24. The number of halogens is 1. The minimum atomic E-state index is -3.82. The minimum absolute atomic E-state index is 0.177. The maximum absolute atomic E-state index is 13.0. The van der Waals surface area contributed by atoms with E-state index in [4.69, 9.17) is 11.6 Å². The Kier molecular flexibility index (Phi) is 6.86. The Bertz CT molecular complexity index is 1060. The van der Waals surface area contributed by atoms with Crippen molar-refractivity contribution < 1.29 is 18.1 Å². The molecule has 0 saturated carbocycles. The number of hydrogen-bond acceptors (Lipinski definition) is 5. The van der Waals surface area contributed by atoms with Gasteiger partial charge in [-0.1, -0.05) is 30.7 Å². The molecule has 1 unspecified atom stereocenters. The topological polar surface area (TPSA) is 110 Å². The summed E-state index contributed by atoms with van der Waals surface area (Å²) in [4.78, 5) is 23.4. The molecular formula is C19H22ClN3O5S. The van der Waals surface area contributed by atoms with Crippen molar-refractivity contribution in [1.82, 2.24) is 0 Å². The number of nitro benzene ring substituents is 1. The van der Waals surface area contributed by atoms with Crippen LogP contribution in [0, 0.1) is 24.0 Å². The summed E-state index contributed by atoms with van der Waals surface area (Å²) in [6.07, 6.45) is 1.19. The van der Waals surface area contributed by atoms with Gasteiger partial charge in [0.25, 0.3) is 5.69 Å². The van der Waals surface area contributed by atoms with Crippen LogP contribution in [0.2, 0.25) is 5.02 Å². The molecule has 0 heterocycles. The molecule has 0 aliphatic carbocycles. The number of benzene rings is 2. The SMILES string of the molecule is CCC(C(=O)Nc1cc([N+](=O)[O-])ccc1C)N(c1ccc(C)c(Cl)c1)S(C)(=O)=O. The van der Waals surface area contributed by atoms with Crippen molar-refractivity contribution in [1.29, 1.82) is 0 Å². The quantitative estimate of drug-likeness (QED) is 0.517. The van der Waals surface area contributed by atoms with Gasteiger partial charge in [-0.25, -0.2) is 8.42 Å². The number of amides is 1. The summed E-state index contributed by atoms with van der Waals surface area (Å²) >= 11 is 6.15. The molecule has 2 aromatic rings. The normalized spacial score (nSPS) is 12.3. The van der Waals surface area contributed by atoms with Gasteiger partial charge in [-0.05, 0) is 43.5 Å². The summed E-state index contributed by atoms with van der Waals surface area (Å²) in [5.41, 5.74) is 1.72. The second-order valence-corrected chi connectivity index (χ2v) is 8.93. The summed E-state index contributed by atoms with van der Waals surface area (Å²) in [7, 11) is -3.82. The van der Waals surface area contributed by atoms with Gasteiger partial charge in [0.05, 0.1) is 22.6 Å². The lowest BCUT2D eigenvalue weighted by Crippen LogP contribution is -2.47. The first-order valence-corrected chi connectivity index (χ1v) is 11.0. The van der Waals surface area contributed by atoms with Gasteiger partial charge in [-0.3, -0.25) is 19.2 Å². The van der Waals surface area contributed by atoms with E-state index in [2.05, 4.69) is 5.32 Å². The molecule has 0 fully saturated rings. The number of non-ortho nitro benzene ring substituents is 1. The zero-order valence-electron chi connectivity index (χ0n) is 16.5. The molecule has 0 bridgehead atoms.